The van der Waals surface area contributed by atoms with Gasteiger partial charge in [-0.15, -0.1) is 0 Å². The van der Waals surface area contributed by atoms with E-state index < -0.39 is 26.8 Å². The number of carbonyl (C=O) groups excluding carboxylic acids is 1. The maximum atomic E-state index is 11.5. The molecule has 2 rings (SSSR count). The fourth-order valence-corrected chi connectivity index (χ4v) is 3.31. The molecule has 0 aromatic rings. The number of carbonyl (C=O) groups is 1. The van der Waals surface area contributed by atoms with E-state index in [1.165, 1.54) is 4.90 Å². The third-order valence-corrected chi connectivity index (χ3v) is 4.10. The lowest BCUT2D eigenvalue weighted by atomic mass is 9.69. The van der Waals surface area contributed by atoms with Gasteiger partial charge in [0.1, 0.15) is 0 Å². The Morgan fingerprint density at radius 2 is 2.05 bits per heavy atom. The summed E-state index contributed by atoms with van der Waals surface area (Å²) in [6.45, 7) is -0.299. The Labute approximate surface area is 119 Å². The van der Waals surface area contributed by atoms with Crippen LogP contribution in [-0.4, -0.2) is 63.1 Å². The number of aliphatic hydroxyl groups is 1. The van der Waals surface area contributed by atoms with Crippen LogP contribution in [-0.2, 0) is 4.79 Å². The van der Waals surface area contributed by atoms with Crippen molar-refractivity contribution in [2.75, 3.05) is 26.2 Å². The number of aliphatic hydroxyl groups excluding tert-OH is 1. The zero-order chi connectivity index (χ0) is 15.8. The molecule has 1 saturated heterocycles. The lowest BCUT2D eigenvalue weighted by molar-refractivity contribution is -0.619. The highest BCUT2D eigenvalue weighted by atomic mass is 16.6. The van der Waals surface area contributed by atoms with Gasteiger partial charge in [0.05, 0.1) is 32.5 Å². The molecule has 0 unspecified atom stereocenters. The monoisotopic (exact) mass is 300 g/mol. The Kier molecular flexibility index (Phi) is 3.68. The fraction of sp³-hybridized carbons (Fsp3) is 0.727. The van der Waals surface area contributed by atoms with Crippen molar-refractivity contribution >= 4 is 5.91 Å². The van der Waals surface area contributed by atoms with Crippen molar-refractivity contribution in [1.29, 1.82) is 0 Å². The van der Waals surface area contributed by atoms with Gasteiger partial charge >= 0.3 is 0 Å². The van der Waals surface area contributed by atoms with E-state index in [9.17, 15) is 25.0 Å². The first kappa shape index (κ1) is 15.3. The summed E-state index contributed by atoms with van der Waals surface area (Å²) in [7, 11) is 0. The van der Waals surface area contributed by atoms with Gasteiger partial charge in [-0.2, -0.15) is 0 Å². The molecule has 1 fully saturated rings. The quantitative estimate of drug-likeness (QED) is 0.464. The molecular formula is C11H16N4O6. The van der Waals surface area contributed by atoms with E-state index in [0.717, 1.165) is 6.08 Å². The Balaban J connectivity index is 2.53. The number of likely N-dealkylation sites (tertiary alicyclic amines) is 1. The number of primary amides is 1. The van der Waals surface area contributed by atoms with Gasteiger partial charge in [0.15, 0.2) is 0 Å². The molecule has 2 aliphatic rings. The minimum absolute atomic E-state index is 0.0548. The topological polar surface area (TPSA) is 153 Å². The number of nitro groups is 2. The van der Waals surface area contributed by atoms with E-state index in [4.69, 9.17) is 10.8 Å². The van der Waals surface area contributed by atoms with E-state index in [-0.39, 0.29) is 44.7 Å². The SMILES string of the molecule is NC(=O)C1=C[C@]2([N+](=O)[O-])CN(CCO)C[C@]([N+](=O)[O-])(C1)C2. The number of nitrogens with two attached hydrogens (primary N) is 1. The molecule has 0 spiro atoms. The lowest BCUT2D eigenvalue weighted by Gasteiger charge is -2.44. The molecule has 1 heterocycles. The van der Waals surface area contributed by atoms with E-state index in [2.05, 4.69) is 0 Å². The number of fused-ring (bicyclic) bond motifs is 2. The summed E-state index contributed by atoms with van der Waals surface area (Å²) in [5.74, 6) is -0.872. The van der Waals surface area contributed by atoms with Crippen LogP contribution in [0.4, 0.5) is 0 Å². The zero-order valence-electron chi connectivity index (χ0n) is 11.2. The number of nitrogens with zero attached hydrogens (tertiary/aromatic N) is 3. The van der Waals surface area contributed by atoms with Gasteiger partial charge < -0.3 is 10.8 Å². The molecule has 3 N–H and O–H groups in total. The van der Waals surface area contributed by atoms with Crippen LogP contribution in [0.5, 0.6) is 0 Å². The van der Waals surface area contributed by atoms with Crippen molar-refractivity contribution in [3.05, 3.63) is 31.9 Å². The highest BCUT2D eigenvalue weighted by Crippen LogP contribution is 2.42. The predicted molar refractivity (Wildman–Crippen MR) is 69.5 cm³/mol. The van der Waals surface area contributed by atoms with Gasteiger partial charge in [-0.05, 0) is 0 Å². The lowest BCUT2D eigenvalue weighted by Crippen LogP contribution is -2.67. The first-order valence-corrected chi connectivity index (χ1v) is 6.38. The van der Waals surface area contributed by atoms with Crippen LogP contribution in [0.25, 0.3) is 0 Å². The Morgan fingerprint density at radius 3 is 2.52 bits per heavy atom. The first-order chi connectivity index (χ1) is 9.74. The maximum absolute atomic E-state index is 11.5. The molecule has 1 aliphatic heterocycles. The summed E-state index contributed by atoms with van der Waals surface area (Å²) in [4.78, 5) is 34.7. The van der Waals surface area contributed by atoms with Crippen LogP contribution < -0.4 is 5.73 Å². The van der Waals surface area contributed by atoms with Gasteiger partial charge in [0.2, 0.25) is 11.4 Å². The summed E-state index contributed by atoms with van der Waals surface area (Å²) in [6.07, 6.45) is 0.645. The third kappa shape index (κ3) is 2.47. The molecule has 116 valence electrons. The van der Waals surface area contributed by atoms with Gasteiger partial charge in [0.25, 0.3) is 5.54 Å². The second-order valence-electron chi connectivity index (χ2n) is 5.66. The zero-order valence-corrected chi connectivity index (χ0v) is 11.2. The molecule has 1 amide bonds. The molecule has 0 aromatic heterocycles. The highest BCUT2D eigenvalue weighted by Gasteiger charge is 2.64. The van der Waals surface area contributed by atoms with Crippen LogP contribution in [0.1, 0.15) is 12.8 Å². The standard InChI is InChI=1S/C11H16N4O6/c12-9(17)8-3-10(14(18)19)5-11(4-8,15(20)21)7-13(6-10)1-2-16/h3,16H,1-2,4-7H2,(H2,12,17)/t10-,11+/m1/s1. The maximum Gasteiger partial charge on any atom is 0.260 e. The minimum Gasteiger partial charge on any atom is -0.395 e. The van der Waals surface area contributed by atoms with E-state index in [0.29, 0.717) is 0 Å². The van der Waals surface area contributed by atoms with Crippen molar-refractivity contribution in [2.45, 2.75) is 23.9 Å². The minimum atomic E-state index is -1.72. The molecule has 0 saturated carbocycles. The molecule has 0 radical (unpaired) electrons. The second kappa shape index (κ2) is 5.04. The van der Waals surface area contributed by atoms with Gasteiger partial charge in [0, 0.05) is 28.0 Å². The normalized spacial score (nSPS) is 32.3. The molecule has 10 nitrogen and oxygen atoms in total. The number of amides is 1. The summed E-state index contributed by atoms with van der Waals surface area (Å²) in [5.41, 5.74) is 1.76. The van der Waals surface area contributed by atoms with Crippen LogP contribution in [0, 0.1) is 20.2 Å². The Morgan fingerprint density at radius 1 is 1.38 bits per heavy atom. The molecule has 0 aromatic carbocycles. The first-order valence-electron chi connectivity index (χ1n) is 6.38. The predicted octanol–water partition coefficient (Wildman–Crippen LogP) is -1.47. The van der Waals surface area contributed by atoms with Crippen molar-refractivity contribution in [3.63, 3.8) is 0 Å². The number of hydrogen-bond acceptors (Lipinski definition) is 7. The number of rotatable bonds is 5. The summed E-state index contributed by atoms with van der Waals surface area (Å²) >= 11 is 0. The molecule has 10 heteroatoms. The van der Waals surface area contributed by atoms with Crippen molar-refractivity contribution < 1.29 is 19.7 Å². The highest BCUT2D eigenvalue weighted by molar-refractivity contribution is 5.92. The number of hydrogen-bond donors (Lipinski definition) is 2. The van der Waals surface area contributed by atoms with Gasteiger partial charge in [-0.25, -0.2) is 0 Å². The van der Waals surface area contributed by atoms with E-state index >= 15 is 0 Å². The molecule has 21 heavy (non-hydrogen) atoms. The van der Waals surface area contributed by atoms with Crippen molar-refractivity contribution in [2.24, 2.45) is 5.73 Å². The second-order valence-corrected chi connectivity index (χ2v) is 5.66. The fourth-order valence-electron chi connectivity index (χ4n) is 3.31. The molecule has 2 atom stereocenters. The average Bonchev–Trinajstić information content (AvgIpc) is 2.37. The van der Waals surface area contributed by atoms with Crippen LogP contribution >= 0.6 is 0 Å². The number of β-amino-alcohol motifs (C(OH)–C–C–N with tert-alkyl or cyclic N) is 1. The summed E-state index contributed by atoms with van der Waals surface area (Å²) in [6, 6.07) is 0. The molecular weight excluding hydrogens is 284 g/mol. The van der Waals surface area contributed by atoms with E-state index in [1.807, 2.05) is 0 Å². The van der Waals surface area contributed by atoms with Crippen LogP contribution in [0.2, 0.25) is 0 Å². The van der Waals surface area contributed by atoms with Crippen molar-refractivity contribution in [3.8, 4) is 0 Å². The molecule has 2 bridgehead atoms. The summed E-state index contributed by atoms with van der Waals surface area (Å²) < 4.78 is 0. The summed E-state index contributed by atoms with van der Waals surface area (Å²) in [5, 5.41) is 31.9. The van der Waals surface area contributed by atoms with Crippen molar-refractivity contribution in [1.82, 2.24) is 4.90 Å². The Bertz CT molecular complexity index is 535. The largest absolute Gasteiger partial charge is 0.395 e. The molecule has 1 aliphatic carbocycles. The average molecular weight is 300 g/mol. The third-order valence-electron chi connectivity index (χ3n) is 4.10. The van der Waals surface area contributed by atoms with Crippen LogP contribution in [0.15, 0.2) is 11.6 Å². The van der Waals surface area contributed by atoms with Gasteiger partial charge in [-0.1, -0.05) is 0 Å². The smallest absolute Gasteiger partial charge is 0.260 e. The van der Waals surface area contributed by atoms with Gasteiger partial charge in [-0.3, -0.25) is 29.9 Å². The van der Waals surface area contributed by atoms with E-state index in [1.54, 1.807) is 0 Å². The Hall–Kier alpha value is -2.07. The number of piperidine rings is 1. The van der Waals surface area contributed by atoms with Crippen LogP contribution in [0.3, 0.4) is 0 Å².